The van der Waals surface area contributed by atoms with Gasteiger partial charge < -0.3 is 14.5 Å². The van der Waals surface area contributed by atoms with Crippen molar-refractivity contribution < 1.29 is 23.9 Å². The van der Waals surface area contributed by atoms with Gasteiger partial charge in [-0.3, -0.25) is 14.5 Å². The van der Waals surface area contributed by atoms with E-state index in [4.69, 9.17) is 9.47 Å². The number of aromatic nitrogens is 1. The first kappa shape index (κ1) is 20.2. The molecule has 144 valence electrons. The molecular weight excluding hydrogens is 336 g/mol. The maximum Gasteiger partial charge on any atom is 0.339 e. The molecule has 1 unspecified atom stereocenters. The molecule has 2 rings (SSSR count). The predicted molar refractivity (Wildman–Crippen MR) is 96.3 cm³/mol. The number of aromatic amines is 1. The Morgan fingerprint density at radius 3 is 2.38 bits per heavy atom. The van der Waals surface area contributed by atoms with Gasteiger partial charge >= 0.3 is 11.9 Å². The van der Waals surface area contributed by atoms with Crippen LogP contribution in [-0.4, -0.2) is 60.5 Å². The molecule has 1 aliphatic heterocycles. The zero-order valence-electron chi connectivity index (χ0n) is 16.2. The average molecular weight is 364 g/mol. The molecule has 2 heterocycles. The van der Waals surface area contributed by atoms with Crippen LogP contribution in [0, 0.1) is 19.8 Å². The summed E-state index contributed by atoms with van der Waals surface area (Å²) in [6, 6.07) is -0.333. The van der Waals surface area contributed by atoms with Crippen LogP contribution >= 0.6 is 0 Å². The van der Waals surface area contributed by atoms with E-state index in [-0.39, 0.29) is 23.7 Å². The number of hydrogen-bond donors (Lipinski definition) is 1. The summed E-state index contributed by atoms with van der Waals surface area (Å²) in [6.45, 7) is 8.89. The standard InChI is InChI=1S/C19H28N2O5/c1-6-26-18(23)14-7-9-21(10-8-14)13(4)17(22)16-11(2)15(12(3)20-16)19(24)25-5/h13-14,20H,6-10H2,1-5H3. The van der Waals surface area contributed by atoms with Gasteiger partial charge in [0.05, 0.1) is 36.9 Å². The molecule has 1 aromatic rings. The third-order valence-electron chi connectivity index (χ3n) is 5.15. The number of carbonyl (C=O) groups excluding carboxylic acids is 3. The summed E-state index contributed by atoms with van der Waals surface area (Å²) < 4.78 is 9.88. The molecular formula is C19H28N2O5. The number of nitrogens with zero attached hydrogens (tertiary/aromatic N) is 1. The zero-order valence-corrected chi connectivity index (χ0v) is 16.2. The van der Waals surface area contributed by atoms with Crippen LogP contribution in [0.2, 0.25) is 0 Å². The lowest BCUT2D eigenvalue weighted by atomic mass is 9.94. The van der Waals surface area contributed by atoms with Gasteiger partial charge in [0.2, 0.25) is 0 Å². The Balaban J connectivity index is 2.07. The summed E-state index contributed by atoms with van der Waals surface area (Å²) >= 11 is 0. The van der Waals surface area contributed by atoms with E-state index in [1.807, 2.05) is 6.92 Å². The van der Waals surface area contributed by atoms with Gasteiger partial charge in [-0.1, -0.05) is 0 Å². The van der Waals surface area contributed by atoms with Crippen LogP contribution < -0.4 is 0 Å². The second kappa shape index (κ2) is 8.49. The van der Waals surface area contributed by atoms with Gasteiger partial charge in [0.15, 0.2) is 5.78 Å². The van der Waals surface area contributed by atoms with E-state index in [1.54, 1.807) is 20.8 Å². The van der Waals surface area contributed by atoms with E-state index in [0.29, 0.717) is 55.1 Å². The molecule has 1 saturated heterocycles. The first-order valence-electron chi connectivity index (χ1n) is 9.04. The predicted octanol–water partition coefficient (Wildman–Crippen LogP) is 2.26. The number of piperidine rings is 1. The van der Waals surface area contributed by atoms with Crippen molar-refractivity contribution in [1.29, 1.82) is 0 Å². The molecule has 7 heteroatoms. The number of Topliss-reactive ketones (excluding diaryl/α,β-unsaturated/α-hetero) is 1. The lowest BCUT2D eigenvalue weighted by Gasteiger charge is -2.34. The minimum Gasteiger partial charge on any atom is -0.466 e. The maximum atomic E-state index is 12.9. The van der Waals surface area contributed by atoms with Crippen LogP contribution in [0.4, 0.5) is 0 Å². The lowest BCUT2D eigenvalue weighted by molar-refractivity contribution is -0.149. The fraction of sp³-hybridized carbons (Fsp3) is 0.632. The van der Waals surface area contributed by atoms with Crippen molar-refractivity contribution in [3.05, 3.63) is 22.5 Å². The number of aryl methyl sites for hydroxylation is 1. The topological polar surface area (TPSA) is 88.7 Å². The fourth-order valence-electron chi connectivity index (χ4n) is 3.56. The SMILES string of the molecule is CCOC(=O)C1CCN(C(C)C(=O)c2[nH]c(C)c(C(=O)OC)c2C)CC1. The van der Waals surface area contributed by atoms with Crippen LogP contribution in [0.15, 0.2) is 0 Å². The van der Waals surface area contributed by atoms with Crippen molar-refractivity contribution >= 4 is 17.7 Å². The van der Waals surface area contributed by atoms with Crippen LogP contribution in [0.3, 0.4) is 0 Å². The van der Waals surface area contributed by atoms with Crippen molar-refractivity contribution in [2.24, 2.45) is 5.92 Å². The van der Waals surface area contributed by atoms with Crippen LogP contribution in [-0.2, 0) is 14.3 Å². The molecule has 1 aliphatic rings. The van der Waals surface area contributed by atoms with Gasteiger partial charge in [-0.05, 0) is 59.2 Å². The van der Waals surface area contributed by atoms with E-state index >= 15 is 0 Å². The Morgan fingerprint density at radius 2 is 1.85 bits per heavy atom. The van der Waals surface area contributed by atoms with Gasteiger partial charge in [-0.2, -0.15) is 0 Å². The number of ketones is 1. The molecule has 0 radical (unpaired) electrons. The third-order valence-corrected chi connectivity index (χ3v) is 5.15. The minimum atomic E-state index is -0.446. The highest BCUT2D eigenvalue weighted by Crippen LogP contribution is 2.24. The molecule has 0 aliphatic carbocycles. The number of methoxy groups -OCH3 is 1. The molecule has 1 fully saturated rings. The number of H-pyrrole nitrogens is 1. The highest BCUT2D eigenvalue weighted by Gasteiger charge is 2.32. The smallest absolute Gasteiger partial charge is 0.339 e. The van der Waals surface area contributed by atoms with E-state index in [1.165, 1.54) is 7.11 Å². The summed E-state index contributed by atoms with van der Waals surface area (Å²) in [4.78, 5) is 41.8. The van der Waals surface area contributed by atoms with Gasteiger partial charge in [-0.25, -0.2) is 4.79 Å². The molecule has 0 saturated carbocycles. The van der Waals surface area contributed by atoms with Crippen LogP contribution in [0.5, 0.6) is 0 Å². The normalized spacial score (nSPS) is 17.0. The highest BCUT2D eigenvalue weighted by molar-refractivity contribution is 6.03. The van der Waals surface area contributed by atoms with Crippen molar-refractivity contribution in [2.75, 3.05) is 26.8 Å². The number of ether oxygens (including phenoxy) is 2. The second-order valence-electron chi connectivity index (χ2n) is 6.72. The average Bonchev–Trinajstić information content (AvgIpc) is 2.94. The van der Waals surface area contributed by atoms with Crippen LogP contribution in [0.1, 0.15) is 58.8 Å². The Hall–Kier alpha value is -2.15. The zero-order chi connectivity index (χ0) is 19.4. The van der Waals surface area contributed by atoms with E-state index < -0.39 is 5.97 Å². The summed E-state index contributed by atoms with van der Waals surface area (Å²) in [7, 11) is 1.33. The summed E-state index contributed by atoms with van der Waals surface area (Å²) in [5.74, 6) is -0.743. The van der Waals surface area contributed by atoms with E-state index in [0.717, 1.165) is 0 Å². The van der Waals surface area contributed by atoms with Gasteiger partial charge in [0.25, 0.3) is 0 Å². The highest BCUT2D eigenvalue weighted by atomic mass is 16.5. The first-order valence-corrected chi connectivity index (χ1v) is 9.04. The van der Waals surface area contributed by atoms with Crippen molar-refractivity contribution in [2.45, 2.75) is 46.6 Å². The van der Waals surface area contributed by atoms with E-state index in [9.17, 15) is 14.4 Å². The largest absolute Gasteiger partial charge is 0.466 e. The van der Waals surface area contributed by atoms with Crippen molar-refractivity contribution in [3.8, 4) is 0 Å². The molecule has 1 aromatic heterocycles. The van der Waals surface area contributed by atoms with Gasteiger partial charge in [0, 0.05) is 5.69 Å². The first-order chi connectivity index (χ1) is 12.3. The molecule has 1 N–H and O–H groups in total. The number of likely N-dealkylation sites (tertiary alicyclic amines) is 1. The molecule has 0 spiro atoms. The van der Waals surface area contributed by atoms with Gasteiger partial charge in [0.1, 0.15) is 0 Å². The fourth-order valence-corrected chi connectivity index (χ4v) is 3.56. The molecule has 1 atom stereocenters. The Kier molecular flexibility index (Phi) is 6.58. The lowest BCUT2D eigenvalue weighted by Crippen LogP contribution is -2.45. The molecule has 7 nitrogen and oxygen atoms in total. The minimum absolute atomic E-state index is 0.0599. The van der Waals surface area contributed by atoms with Gasteiger partial charge in [-0.15, -0.1) is 0 Å². The summed E-state index contributed by atoms with van der Waals surface area (Å²) in [5.41, 5.74) is 2.12. The quantitative estimate of drug-likeness (QED) is 0.615. The molecule has 0 bridgehead atoms. The summed E-state index contributed by atoms with van der Waals surface area (Å²) in [5, 5.41) is 0. The maximum absolute atomic E-state index is 12.9. The number of nitrogens with one attached hydrogen (secondary N) is 1. The number of rotatable bonds is 6. The Bertz CT molecular complexity index is 686. The summed E-state index contributed by atoms with van der Waals surface area (Å²) in [6.07, 6.45) is 1.37. The number of carbonyl (C=O) groups is 3. The molecule has 0 aromatic carbocycles. The molecule has 0 amide bonds. The van der Waals surface area contributed by atoms with Crippen molar-refractivity contribution in [3.63, 3.8) is 0 Å². The number of hydrogen-bond acceptors (Lipinski definition) is 6. The third kappa shape index (κ3) is 3.98. The Labute approximate surface area is 154 Å². The van der Waals surface area contributed by atoms with Crippen LogP contribution in [0.25, 0.3) is 0 Å². The number of esters is 2. The van der Waals surface area contributed by atoms with E-state index in [2.05, 4.69) is 9.88 Å². The Morgan fingerprint density at radius 1 is 1.23 bits per heavy atom. The molecule has 26 heavy (non-hydrogen) atoms. The second-order valence-corrected chi connectivity index (χ2v) is 6.72. The monoisotopic (exact) mass is 364 g/mol. The van der Waals surface area contributed by atoms with Crippen molar-refractivity contribution in [1.82, 2.24) is 9.88 Å².